The van der Waals surface area contributed by atoms with Gasteiger partial charge in [-0.25, -0.2) is 4.79 Å². The summed E-state index contributed by atoms with van der Waals surface area (Å²) < 4.78 is 16.6. The largest absolute Gasteiger partial charge is 0.490 e. The van der Waals surface area contributed by atoms with Gasteiger partial charge >= 0.3 is 5.97 Å². The molecule has 4 heteroatoms. The summed E-state index contributed by atoms with van der Waals surface area (Å²) in [6, 6.07) is 7.20. The summed E-state index contributed by atoms with van der Waals surface area (Å²) in [5.41, 5.74) is 0. The number of esters is 1. The van der Waals surface area contributed by atoms with Gasteiger partial charge in [0, 0.05) is 19.3 Å². The van der Waals surface area contributed by atoms with E-state index in [4.69, 9.17) is 14.2 Å². The highest BCUT2D eigenvalue weighted by Crippen LogP contribution is 2.26. The summed E-state index contributed by atoms with van der Waals surface area (Å²) in [4.78, 5) is 11.3. The number of carbonyl (C=O) groups is 1. The fourth-order valence-electron chi connectivity index (χ4n) is 3.09. The molecule has 0 spiro atoms. The molecule has 0 bridgehead atoms. The molecule has 0 radical (unpaired) electrons. The van der Waals surface area contributed by atoms with E-state index >= 15 is 0 Å². The first-order valence-corrected chi connectivity index (χ1v) is 11.4. The van der Waals surface area contributed by atoms with E-state index in [1.807, 2.05) is 12.1 Å². The fourth-order valence-corrected chi connectivity index (χ4v) is 3.09. The molecular formula is C25H40O4. The zero-order valence-electron chi connectivity index (χ0n) is 18.3. The van der Waals surface area contributed by atoms with Gasteiger partial charge in [0.05, 0.1) is 6.61 Å². The van der Waals surface area contributed by atoms with E-state index in [1.54, 1.807) is 12.1 Å². The van der Waals surface area contributed by atoms with Crippen LogP contribution >= 0.6 is 0 Å². The van der Waals surface area contributed by atoms with Crippen molar-refractivity contribution in [2.24, 2.45) is 0 Å². The van der Waals surface area contributed by atoms with Gasteiger partial charge in [0.1, 0.15) is 0 Å². The minimum absolute atomic E-state index is 0.432. The number of para-hydroxylation sites is 2. The maximum absolute atomic E-state index is 11.3. The number of rotatable bonds is 19. The Morgan fingerprint density at radius 1 is 0.793 bits per heavy atom. The van der Waals surface area contributed by atoms with Gasteiger partial charge in [0.2, 0.25) is 0 Å². The predicted molar refractivity (Wildman–Crippen MR) is 120 cm³/mol. The van der Waals surface area contributed by atoms with Gasteiger partial charge in [-0.3, -0.25) is 0 Å². The lowest BCUT2D eigenvalue weighted by molar-refractivity contribution is -0.129. The molecule has 0 aromatic heterocycles. The molecule has 1 aromatic carbocycles. The standard InChI is InChI=1S/C25H40O4/c1-3-5-6-7-8-9-10-11-15-20-27-21-16-12-17-22-28-23-18-13-14-19-24(23)29-25(26)4-2/h4,13-14,18-19H,2-3,5-12,15-17,20-22H2,1H3. The Kier molecular flexibility index (Phi) is 15.9. The summed E-state index contributed by atoms with van der Waals surface area (Å²) in [5.74, 6) is 0.538. The Bertz CT molecular complexity index is 541. The van der Waals surface area contributed by atoms with Crippen molar-refractivity contribution in [3.05, 3.63) is 36.9 Å². The van der Waals surface area contributed by atoms with Gasteiger partial charge in [0.15, 0.2) is 11.5 Å². The quantitative estimate of drug-likeness (QED) is 0.109. The molecule has 0 aliphatic heterocycles. The van der Waals surface area contributed by atoms with Crippen LogP contribution in [0, 0.1) is 0 Å². The van der Waals surface area contributed by atoms with Crippen LogP contribution in [0.2, 0.25) is 0 Å². The molecule has 0 amide bonds. The van der Waals surface area contributed by atoms with E-state index < -0.39 is 5.97 Å². The molecule has 0 saturated carbocycles. The lowest BCUT2D eigenvalue weighted by atomic mass is 10.1. The zero-order chi connectivity index (χ0) is 21.0. The van der Waals surface area contributed by atoms with Crippen molar-refractivity contribution in [3.8, 4) is 11.5 Å². The molecule has 0 aliphatic rings. The van der Waals surface area contributed by atoms with Crippen LogP contribution in [0.15, 0.2) is 36.9 Å². The normalized spacial score (nSPS) is 10.7. The van der Waals surface area contributed by atoms with Crippen molar-refractivity contribution in [2.75, 3.05) is 19.8 Å². The molecule has 0 unspecified atom stereocenters. The van der Waals surface area contributed by atoms with Crippen LogP contribution in [-0.2, 0) is 9.53 Å². The summed E-state index contributed by atoms with van der Waals surface area (Å²) >= 11 is 0. The molecule has 4 nitrogen and oxygen atoms in total. The second-order valence-corrected chi connectivity index (χ2v) is 7.42. The van der Waals surface area contributed by atoms with E-state index in [0.717, 1.165) is 38.6 Å². The zero-order valence-corrected chi connectivity index (χ0v) is 18.3. The Balaban J connectivity index is 1.92. The van der Waals surface area contributed by atoms with Crippen LogP contribution in [0.4, 0.5) is 0 Å². The first-order valence-electron chi connectivity index (χ1n) is 11.4. The first-order chi connectivity index (χ1) is 14.3. The molecule has 1 rings (SSSR count). The highest BCUT2D eigenvalue weighted by atomic mass is 16.6. The van der Waals surface area contributed by atoms with Crippen molar-refractivity contribution in [1.82, 2.24) is 0 Å². The van der Waals surface area contributed by atoms with Crippen molar-refractivity contribution >= 4 is 5.97 Å². The van der Waals surface area contributed by atoms with Gasteiger partial charge < -0.3 is 14.2 Å². The number of carbonyl (C=O) groups excluding carboxylic acids is 1. The van der Waals surface area contributed by atoms with Crippen LogP contribution in [-0.4, -0.2) is 25.8 Å². The van der Waals surface area contributed by atoms with Gasteiger partial charge in [0.25, 0.3) is 0 Å². The maximum atomic E-state index is 11.3. The second kappa shape index (κ2) is 18.2. The third-order valence-corrected chi connectivity index (χ3v) is 4.81. The number of benzene rings is 1. The van der Waals surface area contributed by atoms with Crippen LogP contribution < -0.4 is 9.47 Å². The molecule has 0 aliphatic carbocycles. The smallest absolute Gasteiger partial charge is 0.335 e. The predicted octanol–water partition coefficient (Wildman–Crippen LogP) is 6.87. The molecule has 29 heavy (non-hydrogen) atoms. The summed E-state index contributed by atoms with van der Waals surface area (Å²) in [7, 11) is 0. The lowest BCUT2D eigenvalue weighted by Gasteiger charge is -2.10. The van der Waals surface area contributed by atoms with E-state index in [0.29, 0.717) is 18.1 Å². The Hall–Kier alpha value is -1.81. The van der Waals surface area contributed by atoms with Crippen LogP contribution in [0.1, 0.15) is 84.0 Å². The van der Waals surface area contributed by atoms with Gasteiger partial charge in [-0.2, -0.15) is 0 Å². The average molecular weight is 405 g/mol. The van der Waals surface area contributed by atoms with Crippen molar-refractivity contribution in [1.29, 1.82) is 0 Å². The summed E-state index contributed by atoms with van der Waals surface area (Å²) in [5, 5.41) is 0. The summed E-state index contributed by atoms with van der Waals surface area (Å²) in [6.07, 6.45) is 16.3. The average Bonchev–Trinajstić information content (AvgIpc) is 2.74. The van der Waals surface area contributed by atoms with Crippen molar-refractivity contribution in [3.63, 3.8) is 0 Å². The molecule has 1 aromatic rings. The van der Waals surface area contributed by atoms with E-state index in [-0.39, 0.29) is 0 Å². The van der Waals surface area contributed by atoms with E-state index in [9.17, 15) is 4.79 Å². The summed E-state index contributed by atoms with van der Waals surface area (Å²) in [6.45, 7) is 7.98. The van der Waals surface area contributed by atoms with E-state index in [2.05, 4.69) is 13.5 Å². The fraction of sp³-hybridized carbons (Fsp3) is 0.640. The monoisotopic (exact) mass is 404 g/mol. The molecule has 0 fully saturated rings. The first kappa shape index (κ1) is 25.2. The lowest BCUT2D eigenvalue weighted by Crippen LogP contribution is -2.06. The van der Waals surface area contributed by atoms with Gasteiger partial charge in [-0.15, -0.1) is 0 Å². The molecule has 0 N–H and O–H groups in total. The minimum atomic E-state index is -0.481. The highest BCUT2D eigenvalue weighted by molar-refractivity contribution is 5.83. The number of hydrogen-bond acceptors (Lipinski definition) is 4. The Morgan fingerprint density at radius 2 is 1.31 bits per heavy atom. The Labute approximate surface area is 177 Å². The van der Waals surface area contributed by atoms with Crippen molar-refractivity contribution < 1.29 is 19.0 Å². The maximum Gasteiger partial charge on any atom is 0.335 e. The second-order valence-electron chi connectivity index (χ2n) is 7.42. The number of hydrogen-bond donors (Lipinski definition) is 0. The highest BCUT2D eigenvalue weighted by Gasteiger charge is 2.07. The number of unbranched alkanes of at least 4 members (excludes halogenated alkanes) is 10. The van der Waals surface area contributed by atoms with Crippen LogP contribution in [0.5, 0.6) is 11.5 Å². The molecule has 0 heterocycles. The van der Waals surface area contributed by atoms with Gasteiger partial charge in [-0.05, 0) is 37.8 Å². The Morgan fingerprint density at radius 3 is 1.93 bits per heavy atom. The van der Waals surface area contributed by atoms with E-state index in [1.165, 1.54) is 57.8 Å². The third-order valence-electron chi connectivity index (χ3n) is 4.81. The minimum Gasteiger partial charge on any atom is -0.490 e. The molecule has 0 atom stereocenters. The number of ether oxygens (including phenoxy) is 3. The van der Waals surface area contributed by atoms with Crippen LogP contribution in [0.25, 0.3) is 0 Å². The SMILES string of the molecule is C=CC(=O)Oc1ccccc1OCCCCCOCCCCCCCCCCC. The molecule has 0 saturated heterocycles. The molecule has 164 valence electrons. The van der Waals surface area contributed by atoms with Gasteiger partial charge in [-0.1, -0.05) is 77.0 Å². The van der Waals surface area contributed by atoms with Crippen LogP contribution in [0.3, 0.4) is 0 Å². The molecular weight excluding hydrogens is 364 g/mol. The van der Waals surface area contributed by atoms with Crippen molar-refractivity contribution in [2.45, 2.75) is 84.0 Å². The topological polar surface area (TPSA) is 44.8 Å². The third kappa shape index (κ3) is 13.9.